The van der Waals surface area contributed by atoms with Crippen molar-refractivity contribution in [1.29, 1.82) is 0 Å². The molecule has 92 valence electrons. The zero-order chi connectivity index (χ0) is 13.0. The van der Waals surface area contributed by atoms with Gasteiger partial charge in [0.1, 0.15) is 5.56 Å². The first-order valence-corrected chi connectivity index (χ1v) is 5.06. The summed E-state index contributed by atoms with van der Waals surface area (Å²) in [5.74, 6) is -0.679. The molecular weight excluding hydrogens is 250 g/mol. The second-order valence-electron chi connectivity index (χ2n) is 3.31. The van der Waals surface area contributed by atoms with E-state index in [9.17, 15) is 14.9 Å². The number of aliphatic hydroxyl groups excluding tert-OH is 1. The van der Waals surface area contributed by atoms with Gasteiger partial charge in [0.2, 0.25) is 5.15 Å². The van der Waals surface area contributed by atoms with Gasteiger partial charge in [-0.2, -0.15) is 0 Å². The van der Waals surface area contributed by atoms with E-state index in [1.54, 1.807) is 0 Å². The van der Waals surface area contributed by atoms with Gasteiger partial charge in [0.15, 0.2) is 0 Å². The number of pyridine rings is 1. The number of hydrogen-bond donors (Lipinski definition) is 2. The molecule has 0 aliphatic rings. The fourth-order valence-electron chi connectivity index (χ4n) is 1.12. The van der Waals surface area contributed by atoms with Crippen LogP contribution in [0.4, 0.5) is 5.69 Å². The Morgan fingerprint density at radius 3 is 2.94 bits per heavy atom. The molecule has 0 saturated carbocycles. The third-order valence-corrected chi connectivity index (χ3v) is 2.14. The van der Waals surface area contributed by atoms with Crippen LogP contribution < -0.4 is 5.32 Å². The van der Waals surface area contributed by atoms with Crippen molar-refractivity contribution in [2.75, 3.05) is 6.54 Å². The maximum atomic E-state index is 11.6. The highest BCUT2D eigenvalue weighted by Gasteiger charge is 2.24. The lowest BCUT2D eigenvalue weighted by atomic mass is 10.2. The topological polar surface area (TPSA) is 105 Å². The molecular formula is C9H10ClN3O4. The molecule has 1 aromatic heterocycles. The molecule has 0 saturated heterocycles. The summed E-state index contributed by atoms with van der Waals surface area (Å²) in [7, 11) is 0. The van der Waals surface area contributed by atoms with Crippen molar-refractivity contribution in [2.45, 2.75) is 13.0 Å². The standard InChI is InChI=1S/C9H10ClN3O4/c1-5(14)4-12-9(15)6-2-3-11-8(10)7(6)13(16)17/h2-3,5,14H,4H2,1H3,(H,12,15)/t5-/m1/s1. The molecule has 0 spiro atoms. The fraction of sp³-hybridized carbons (Fsp3) is 0.333. The second-order valence-corrected chi connectivity index (χ2v) is 3.67. The molecule has 1 heterocycles. The summed E-state index contributed by atoms with van der Waals surface area (Å²) in [6, 6.07) is 1.20. The van der Waals surface area contributed by atoms with E-state index in [0.29, 0.717) is 0 Å². The quantitative estimate of drug-likeness (QED) is 0.472. The first kappa shape index (κ1) is 13.3. The van der Waals surface area contributed by atoms with Crippen LogP contribution in [0.3, 0.4) is 0 Å². The Labute approximate surface area is 102 Å². The highest BCUT2D eigenvalue weighted by molar-refractivity contribution is 6.32. The number of amides is 1. The highest BCUT2D eigenvalue weighted by atomic mass is 35.5. The summed E-state index contributed by atoms with van der Waals surface area (Å²) in [5, 5.41) is 21.7. The minimum Gasteiger partial charge on any atom is -0.392 e. The van der Waals surface area contributed by atoms with Crippen LogP contribution in [-0.2, 0) is 0 Å². The Morgan fingerprint density at radius 2 is 2.41 bits per heavy atom. The molecule has 8 heteroatoms. The SMILES string of the molecule is C[C@@H](O)CNC(=O)c1ccnc(Cl)c1[N+](=O)[O-]. The van der Waals surface area contributed by atoms with Gasteiger partial charge in [-0.1, -0.05) is 11.6 Å². The Balaban J connectivity index is 3.01. The van der Waals surface area contributed by atoms with Gasteiger partial charge >= 0.3 is 5.69 Å². The van der Waals surface area contributed by atoms with E-state index in [-0.39, 0.29) is 17.3 Å². The molecule has 0 bridgehead atoms. The van der Waals surface area contributed by atoms with E-state index in [2.05, 4.69) is 10.3 Å². The van der Waals surface area contributed by atoms with Crippen molar-refractivity contribution < 1.29 is 14.8 Å². The summed E-state index contributed by atoms with van der Waals surface area (Å²) in [5.41, 5.74) is -0.729. The summed E-state index contributed by atoms with van der Waals surface area (Å²) in [6.07, 6.45) is 0.461. The van der Waals surface area contributed by atoms with Gasteiger partial charge in [-0.3, -0.25) is 14.9 Å². The molecule has 17 heavy (non-hydrogen) atoms. The van der Waals surface area contributed by atoms with E-state index in [0.717, 1.165) is 0 Å². The van der Waals surface area contributed by atoms with E-state index < -0.39 is 22.6 Å². The number of rotatable bonds is 4. The van der Waals surface area contributed by atoms with Crippen molar-refractivity contribution in [1.82, 2.24) is 10.3 Å². The maximum absolute atomic E-state index is 11.6. The zero-order valence-corrected chi connectivity index (χ0v) is 9.64. The van der Waals surface area contributed by atoms with Crippen molar-refractivity contribution in [3.63, 3.8) is 0 Å². The predicted molar refractivity (Wildman–Crippen MR) is 59.9 cm³/mol. The molecule has 0 fully saturated rings. The predicted octanol–water partition coefficient (Wildman–Crippen LogP) is 0.754. The van der Waals surface area contributed by atoms with E-state index in [1.807, 2.05) is 0 Å². The lowest BCUT2D eigenvalue weighted by Crippen LogP contribution is -2.31. The molecule has 7 nitrogen and oxygen atoms in total. The first-order chi connectivity index (χ1) is 7.93. The van der Waals surface area contributed by atoms with Crippen LogP contribution >= 0.6 is 11.6 Å². The Bertz CT molecular complexity index is 450. The average molecular weight is 260 g/mol. The van der Waals surface area contributed by atoms with Crippen LogP contribution in [0.2, 0.25) is 5.15 Å². The largest absolute Gasteiger partial charge is 0.392 e. The van der Waals surface area contributed by atoms with E-state index >= 15 is 0 Å². The van der Waals surface area contributed by atoms with Gasteiger partial charge in [-0.15, -0.1) is 0 Å². The van der Waals surface area contributed by atoms with Crippen molar-refractivity contribution in [3.05, 3.63) is 33.1 Å². The van der Waals surface area contributed by atoms with Crippen molar-refractivity contribution >= 4 is 23.2 Å². The van der Waals surface area contributed by atoms with Gasteiger partial charge in [-0.05, 0) is 13.0 Å². The highest BCUT2D eigenvalue weighted by Crippen LogP contribution is 2.25. The van der Waals surface area contributed by atoms with E-state index in [4.69, 9.17) is 16.7 Å². The van der Waals surface area contributed by atoms with E-state index in [1.165, 1.54) is 19.2 Å². The summed E-state index contributed by atoms with van der Waals surface area (Å²) >= 11 is 5.55. The average Bonchev–Trinajstić information content (AvgIpc) is 2.24. The monoisotopic (exact) mass is 259 g/mol. The normalized spacial score (nSPS) is 11.9. The lowest BCUT2D eigenvalue weighted by Gasteiger charge is -2.07. The van der Waals surface area contributed by atoms with Crippen LogP contribution in [0, 0.1) is 10.1 Å². The van der Waals surface area contributed by atoms with Gasteiger partial charge in [0.25, 0.3) is 5.91 Å². The minimum atomic E-state index is -0.771. The minimum absolute atomic E-state index is 0.00404. The molecule has 1 aromatic rings. The number of hydrogen-bond acceptors (Lipinski definition) is 5. The first-order valence-electron chi connectivity index (χ1n) is 4.68. The molecule has 2 N–H and O–H groups in total. The molecule has 0 aliphatic carbocycles. The number of nitrogens with zero attached hydrogens (tertiary/aromatic N) is 2. The summed E-state index contributed by atoms with van der Waals surface area (Å²) in [4.78, 5) is 25.1. The van der Waals surface area contributed by atoms with Gasteiger partial charge in [0, 0.05) is 12.7 Å². The lowest BCUT2D eigenvalue weighted by molar-refractivity contribution is -0.385. The Morgan fingerprint density at radius 1 is 1.76 bits per heavy atom. The second kappa shape index (κ2) is 5.55. The summed E-state index contributed by atoms with van der Waals surface area (Å²) < 4.78 is 0. The van der Waals surface area contributed by atoms with Crippen LogP contribution in [0.5, 0.6) is 0 Å². The van der Waals surface area contributed by atoms with Gasteiger partial charge in [0.05, 0.1) is 11.0 Å². The molecule has 0 radical (unpaired) electrons. The van der Waals surface area contributed by atoms with Gasteiger partial charge in [-0.25, -0.2) is 4.98 Å². The number of nitrogens with one attached hydrogen (secondary N) is 1. The number of halogens is 1. The Kier molecular flexibility index (Phi) is 4.36. The molecule has 1 amide bonds. The maximum Gasteiger partial charge on any atom is 0.319 e. The van der Waals surface area contributed by atoms with Crippen LogP contribution in [0.1, 0.15) is 17.3 Å². The Hall–Kier alpha value is -1.73. The van der Waals surface area contributed by atoms with Crippen molar-refractivity contribution in [2.24, 2.45) is 0 Å². The zero-order valence-electron chi connectivity index (χ0n) is 8.88. The number of aliphatic hydroxyl groups is 1. The smallest absolute Gasteiger partial charge is 0.319 e. The molecule has 0 unspecified atom stereocenters. The number of carbonyl (C=O) groups is 1. The van der Waals surface area contributed by atoms with Crippen LogP contribution in [0.15, 0.2) is 12.3 Å². The fourth-order valence-corrected chi connectivity index (χ4v) is 1.35. The molecule has 0 aliphatic heterocycles. The molecule has 1 rings (SSSR count). The van der Waals surface area contributed by atoms with Crippen LogP contribution in [0.25, 0.3) is 0 Å². The third-order valence-electron chi connectivity index (χ3n) is 1.86. The summed E-state index contributed by atoms with van der Waals surface area (Å²) in [6.45, 7) is 1.48. The van der Waals surface area contributed by atoms with Gasteiger partial charge < -0.3 is 10.4 Å². The third kappa shape index (κ3) is 3.36. The number of carbonyl (C=O) groups excluding carboxylic acids is 1. The van der Waals surface area contributed by atoms with Crippen molar-refractivity contribution in [3.8, 4) is 0 Å². The number of aromatic nitrogens is 1. The number of nitro groups is 1. The molecule has 0 aromatic carbocycles. The molecule has 1 atom stereocenters. The van der Waals surface area contributed by atoms with Crippen LogP contribution in [-0.4, -0.2) is 33.6 Å².